The first-order valence-corrected chi connectivity index (χ1v) is 7.68. The molecule has 0 radical (unpaired) electrons. The summed E-state index contributed by atoms with van der Waals surface area (Å²) in [7, 11) is 0. The number of rotatable bonds is 4. The van der Waals surface area contributed by atoms with Crippen molar-refractivity contribution in [2.45, 2.75) is 33.2 Å². The summed E-state index contributed by atoms with van der Waals surface area (Å²) in [4.78, 5) is 0. The third-order valence-corrected chi connectivity index (χ3v) is 4.30. The van der Waals surface area contributed by atoms with Crippen molar-refractivity contribution in [2.75, 3.05) is 0 Å². The molecule has 112 valence electrons. The summed E-state index contributed by atoms with van der Waals surface area (Å²) in [6, 6.07) is 9.40. The van der Waals surface area contributed by atoms with E-state index < -0.39 is 5.82 Å². The van der Waals surface area contributed by atoms with Gasteiger partial charge < -0.3 is 10.5 Å². The van der Waals surface area contributed by atoms with Gasteiger partial charge in [-0.1, -0.05) is 32.0 Å². The highest BCUT2D eigenvalue weighted by atomic mass is 79.9. The van der Waals surface area contributed by atoms with E-state index in [-0.39, 0.29) is 12.3 Å². The molecule has 2 rings (SSSR count). The molecule has 0 fully saturated rings. The number of aryl methyl sites for hydroxylation is 1. The first kappa shape index (κ1) is 16.0. The molecule has 21 heavy (non-hydrogen) atoms. The molecule has 2 aromatic carbocycles. The van der Waals surface area contributed by atoms with Crippen molar-refractivity contribution in [3.05, 3.63) is 57.3 Å². The van der Waals surface area contributed by atoms with Gasteiger partial charge in [-0.15, -0.1) is 0 Å². The molecular weight excluding hydrogens is 333 g/mol. The molecule has 2 N–H and O–H groups in total. The number of halogens is 2. The average molecular weight is 352 g/mol. The van der Waals surface area contributed by atoms with E-state index in [9.17, 15) is 4.39 Å². The Hall–Kier alpha value is -1.39. The van der Waals surface area contributed by atoms with E-state index in [1.807, 2.05) is 19.1 Å². The molecular formula is C17H19BrFNO. The monoisotopic (exact) mass is 351 g/mol. The second kappa shape index (κ2) is 6.58. The molecule has 0 aliphatic heterocycles. The Kier molecular flexibility index (Phi) is 5.01. The van der Waals surface area contributed by atoms with Crippen LogP contribution in [0.2, 0.25) is 0 Å². The number of nitrogens with two attached hydrogens (primary N) is 1. The van der Waals surface area contributed by atoms with E-state index in [4.69, 9.17) is 10.5 Å². The predicted molar refractivity (Wildman–Crippen MR) is 87.3 cm³/mol. The molecule has 2 aromatic rings. The van der Waals surface area contributed by atoms with Gasteiger partial charge in [-0.2, -0.15) is 0 Å². The topological polar surface area (TPSA) is 35.2 Å². The molecule has 0 amide bonds. The van der Waals surface area contributed by atoms with E-state index in [0.29, 0.717) is 21.7 Å². The van der Waals surface area contributed by atoms with Crippen LogP contribution in [0.15, 0.2) is 34.8 Å². The lowest BCUT2D eigenvalue weighted by Gasteiger charge is -2.14. The highest BCUT2D eigenvalue weighted by molar-refractivity contribution is 9.10. The van der Waals surface area contributed by atoms with Crippen LogP contribution in [0, 0.1) is 12.7 Å². The fourth-order valence-corrected chi connectivity index (χ4v) is 2.50. The van der Waals surface area contributed by atoms with Crippen LogP contribution in [-0.2, 0) is 6.54 Å². The predicted octanol–water partition coefficient (Wildman–Crippen LogP) is 5.27. The molecule has 0 atom stereocenters. The Morgan fingerprint density at radius 1 is 1.19 bits per heavy atom. The van der Waals surface area contributed by atoms with Gasteiger partial charge in [-0.25, -0.2) is 4.39 Å². The van der Waals surface area contributed by atoms with Gasteiger partial charge in [-0.3, -0.25) is 0 Å². The molecule has 0 bridgehead atoms. The zero-order valence-electron chi connectivity index (χ0n) is 12.4. The van der Waals surface area contributed by atoms with E-state index in [1.165, 1.54) is 0 Å². The number of benzene rings is 2. The van der Waals surface area contributed by atoms with E-state index >= 15 is 0 Å². The van der Waals surface area contributed by atoms with Crippen molar-refractivity contribution in [1.29, 1.82) is 0 Å². The van der Waals surface area contributed by atoms with Gasteiger partial charge in [0.15, 0.2) is 11.6 Å². The van der Waals surface area contributed by atoms with Crippen molar-refractivity contribution in [2.24, 2.45) is 5.73 Å². The largest absolute Gasteiger partial charge is 0.454 e. The quantitative estimate of drug-likeness (QED) is 0.813. The molecule has 0 heterocycles. The Morgan fingerprint density at radius 2 is 1.90 bits per heavy atom. The summed E-state index contributed by atoms with van der Waals surface area (Å²) in [5.41, 5.74) is 8.41. The van der Waals surface area contributed by atoms with Crippen LogP contribution in [0.5, 0.6) is 11.5 Å². The summed E-state index contributed by atoms with van der Waals surface area (Å²) >= 11 is 3.23. The van der Waals surface area contributed by atoms with Crippen molar-refractivity contribution >= 4 is 15.9 Å². The first-order valence-electron chi connectivity index (χ1n) is 6.89. The van der Waals surface area contributed by atoms with Gasteiger partial charge in [0.25, 0.3) is 0 Å². The van der Waals surface area contributed by atoms with E-state index in [0.717, 1.165) is 11.1 Å². The van der Waals surface area contributed by atoms with Gasteiger partial charge in [0.2, 0.25) is 0 Å². The highest BCUT2D eigenvalue weighted by Crippen LogP contribution is 2.34. The molecule has 0 saturated heterocycles. The zero-order chi connectivity index (χ0) is 15.6. The molecule has 0 aromatic heterocycles. The lowest BCUT2D eigenvalue weighted by Crippen LogP contribution is -2.00. The Bertz CT molecular complexity index is 655. The van der Waals surface area contributed by atoms with E-state index in [1.54, 1.807) is 12.1 Å². The lowest BCUT2D eigenvalue weighted by atomic mass is 10.0. The van der Waals surface area contributed by atoms with Crippen molar-refractivity contribution in [3.8, 4) is 11.5 Å². The third kappa shape index (κ3) is 3.44. The minimum atomic E-state index is -0.424. The second-order valence-electron chi connectivity index (χ2n) is 5.34. The standard InChI is InChI=1S/C17H19BrFNO/c1-10(2)12-5-4-11(3)15(8-12)21-14-7-6-13(9-20)16(18)17(14)19/h4-8,10H,9,20H2,1-3H3. The Labute approximate surface area is 133 Å². The van der Waals surface area contributed by atoms with Gasteiger partial charge in [-0.05, 0) is 57.6 Å². The van der Waals surface area contributed by atoms with Gasteiger partial charge in [0.05, 0.1) is 4.47 Å². The van der Waals surface area contributed by atoms with Crippen LogP contribution in [0.3, 0.4) is 0 Å². The summed E-state index contributed by atoms with van der Waals surface area (Å²) in [6.45, 7) is 6.45. The van der Waals surface area contributed by atoms with Crippen LogP contribution < -0.4 is 10.5 Å². The Balaban J connectivity index is 2.38. The van der Waals surface area contributed by atoms with Crippen LogP contribution in [-0.4, -0.2) is 0 Å². The molecule has 0 unspecified atom stereocenters. The highest BCUT2D eigenvalue weighted by Gasteiger charge is 2.14. The molecule has 0 aliphatic carbocycles. The summed E-state index contributed by atoms with van der Waals surface area (Å²) in [5, 5.41) is 0. The minimum absolute atomic E-state index is 0.197. The SMILES string of the molecule is Cc1ccc(C(C)C)cc1Oc1ccc(CN)c(Br)c1F. The van der Waals surface area contributed by atoms with Crippen LogP contribution in [0.1, 0.15) is 36.5 Å². The lowest BCUT2D eigenvalue weighted by molar-refractivity contribution is 0.436. The zero-order valence-corrected chi connectivity index (χ0v) is 14.0. The summed E-state index contributed by atoms with van der Waals surface area (Å²) in [5.74, 6) is 0.840. The van der Waals surface area contributed by atoms with Gasteiger partial charge in [0, 0.05) is 6.54 Å². The molecule has 0 spiro atoms. The van der Waals surface area contributed by atoms with Gasteiger partial charge >= 0.3 is 0 Å². The minimum Gasteiger partial charge on any atom is -0.454 e. The van der Waals surface area contributed by atoms with Crippen LogP contribution in [0.25, 0.3) is 0 Å². The maximum Gasteiger partial charge on any atom is 0.180 e. The maximum absolute atomic E-state index is 14.3. The summed E-state index contributed by atoms with van der Waals surface area (Å²) < 4.78 is 20.4. The number of ether oxygens (including phenoxy) is 1. The number of hydrogen-bond donors (Lipinski definition) is 1. The molecule has 0 saturated carbocycles. The van der Waals surface area contributed by atoms with Crippen molar-refractivity contribution < 1.29 is 9.13 Å². The molecule has 4 heteroatoms. The van der Waals surface area contributed by atoms with Gasteiger partial charge in [0.1, 0.15) is 5.75 Å². The third-order valence-electron chi connectivity index (χ3n) is 3.45. The summed E-state index contributed by atoms with van der Waals surface area (Å²) in [6.07, 6.45) is 0. The average Bonchev–Trinajstić information content (AvgIpc) is 2.46. The fourth-order valence-electron chi connectivity index (χ4n) is 2.01. The first-order chi connectivity index (χ1) is 9.93. The second-order valence-corrected chi connectivity index (χ2v) is 6.13. The Morgan fingerprint density at radius 3 is 2.52 bits per heavy atom. The van der Waals surface area contributed by atoms with E-state index in [2.05, 4.69) is 35.8 Å². The molecule has 2 nitrogen and oxygen atoms in total. The van der Waals surface area contributed by atoms with Crippen molar-refractivity contribution in [3.63, 3.8) is 0 Å². The van der Waals surface area contributed by atoms with Crippen LogP contribution in [0.4, 0.5) is 4.39 Å². The van der Waals surface area contributed by atoms with Crippen LogP contribution >= 0.6 is 15.9 Å². The normalized spacial score (nSPS) is 11.0. The maximum atomic E-state index is 14.3. The smallest absolute Gasteiger partial charge is 0.180 e. The molecule has 0 aliphatic rings. The fraction of sp³-hybridized carbons (Fsp3) is 0.294. The number of hydrogen-bond acceptors (Lipinski definition) is 2. The van der Waals surface area contributed by atoms with Crippen molar-refractivity contribution in [1.82, 2.24) is 0 Å².